The highest BCUT2D eigenvalue weighted by Crippen LogP contribution is 2.28. The Morgan fingerprint density at radius 1 is 1.50 bits per heavy atom. The van der Waals surface area contributed by atoms with E-state index in [1.807, 2.05) is 6.92 Å². The Balaban J connectivity index is 1.98. The van der Waals surface area contributed by atoms with Crippen LogP contribution in [0.1, 0.15) is 50.0 Å². The van der Waals surface area contributed by atoms with Crippen LogP contribution in [-0.2, 0) is 4.79 Å². The van der Waals surface area contributed by atoms with Crippen molar-refractivity contribution in [1.82, 2.24) is 14.9 Å². The summed E-state index contributed by atoms with van der Waals surface area (Å²) in [7, 11) is 0. The number of nitrogens with zero attached hydrogens (tertiary/aromatic N) is 3. The number of aryl methyl sites for hydroxylation is 1. The number of carboxylic acids is 1. The van der Waals surface area contributed by atoms with Crippen molar-refractivity contribution in [2.75, 3.05) is 13.1 Å². The van der Waals surface area contributed by atoms with Crippen molar-refractivity contribution >= 4 is 5.97 Å². The normalized spacial score (nSPS) is 21.6. The van der Waals surface area contributed by atoms with Crippen LogP contribution in [0, 0.1) is 12.8 Å². The smallest absolute Gasteiger partial charge is 0.303 e. The highest BCUT2D eigenvalue weighted by atomic mass is 16.4. The number of hydrogen-bond donors (Lipinski definition) is 1. The molecule has 1 aliphatic heterocycles. The van der Waals surface area contributed by atoms with Gasteiger partial charge in [0.2, 0.25) is 0 Å². The molecule has 1 aromatic rings. The molecule has 2 heterocycles. The molecule has 2 atom stereocenters. The summed E-state index contributed by atoms with van der Waals surface area (Å²) in [6, 6.07) is 0.247. The first-order valence-electron chi connectivity index (χ1n) is 7.31. The van der Waals surface area contributed by atoms with E-state index in [1.54, 1.807) is 12.4 Å². The number of carboxylic acid groups (broad SMARTS) is 1. The summed E-state index contributed by atoms with van der Waals surface area (Å²) in [4.78, 5) is 21.9. The summed E-state index contributed by atoms with van der Waals surface area (Å²) >= 11 is 0. The summed E-state index contributed by atoms with van der Waals surface area (Å²) in [5.41, 5.74) is 2.01. The van der Waals surface area contributed by atoms with Crippen LogP contribution in [-0.4, -0.2) is 39.0 Å². The molecule has 1 N–H and O–H groups in total. The number of piperidine rings is 1. The first kappa shape index (κ1) is 14.9. The lowest BCUT2D eigenvalue weighted by Gasteiger charge is -2.36. The summed E-state index contributed by atoms with van der Waals surface area (Å²) in [6.45, 7) is 6.17. The topological polar surface area (TPSA) is 66.3 Å². The van der Waals surface area contributed by atoms with Crippen LogP contribution < -0.4 is 0 Å². The fourth-order valence-electron chi connectivity index (χ4n) is 3.01. The molecule has 0 spiro atoms. The molecule has 0 radical (unpaired) electrons. The molecule has 0 aliphatic carbocycles. The molecule has 20 heavy (non-hydrogen) atoms. The Morgan fingerprint density at radius 2 is 2.25 bits per heavy atom. The molecule has 0 amide bonds. The van der Waals surface area contributed by atoms with Gasteiger partial charge in [0.15, 0.2) is 0 Å². The average molecular weight is 277 g/mol. The van der Waals surface area contributed by atoms with Gasteiger partial charge in [0.05, 0.1) is 17.4 Å². The van der Waals surface area contributed by atoms with Crippen LogP contribution in [0.25, 0.3) is 0 Å². The first-order chi connectivity index (χ1) is 9.58. The molecule has 1 saturated heterocycles. The molecule has 1 fully saturated rings. The van der Waals surface area contributed by atoms with Gasteiger partial charge in [0.25, 0.3) is 0 Å². The molecule has 2 rings (SSSR count). The highest BCUT2D eigenvalue weighted by molar-refractivity contribution is 5.66. The number of carbonyl (C=O) groups is 1. The first-order valence-corrected chi connectivity index (χ1v) is 7.31. The number of rotatable bonds is 5. The standard InChI is InChI=1S/C15H23N3O2/c1-11-15(17-8-7-16-11)12(2)18-9-3-4-13(10-18)5-6-14(19)20/h7-8,12-13H,3-6,9-10H2,1-2H3,(H,19,20). The zero-order valence-corrected chi connectivity index (χ0v) is 12.2. The molecule has 5 heteroatoms. The van der Waals surface area contributed by atoms with Crippen LogP contribution in [0.4, 0.5) is 0 Å². The number of likely N-dealkylation sites (tertiary alicyclic amines) is 1. The van der Waals surface area contributed by atoms with Gasteiger partial charge in [-0.3, -0.25) is 19.7 Å². The maximum Gasteiger partial charge on any atom is 0.303 e. The van der Waals surface area contributed by atoms with E-state index in [-0.39, 0.29) is 12.5 Å². The Hall–Kier alpha value is -1.49. The predicted molar refractivity (Wildman–Crippen MR) is 76.4 cm³/mol. The average Bonchev–Trinajstić information content (AvgIpc) is 2.45. The predicted octanol–water partition coefficient (Wildman–Crippen LogP) is 2.42. The van der Waals surface area contributed by atoms with Crippen molar-refractivity contribution in [2.45, 2.75) is 45.6 Å². The lowest BCUT2D eigenvalue weighted by Crippen LogP contribution is -2.38. The Bertz CT molecular complexity index is 464. The maximum absolute atomic E-state index is 10.7. The van der Waals surface area contributed by atoms with Gasteiger partial charge in [0, 0.05) is 25.4 Å². The molecule has 5 nitrogen and oxygen atoms in total. The van der Waals surface area contributed by atoms with Gasteiger partial charge in [-0.15, -0.1) is 0 Å². The number of aliphatic carboxylic acids is 1. The number of aromatic nitrogens is 2. The van der Waals surface area contributed by atoms with Gasteiger partial charge < -0.3 is 5.11 Å². The summed E-state index contributed by atoms with van der Waals surface area (Å²) in [6.07, 6.45) is 6.78. The molecular formula is C15H23N3O2. The lowest BCUT2D eigenvalue weighted by molar-refractivity contribution is -0.137. The van der Waals surface area contributed by atoms with Gasteiger partial charge in [-0.1, -0.05) is 0 Å². The maximum atomic E-state index is 10.7. The second-order valence-electron chi connectivity index (χ2n) is 5.64. The van der Waals surface area contributed by atoms with Crippen LogP contribution in [0.5, 0.6) is 0 Å². The SMILES string of the molecule is Cc1nccnc1C(C)N1CCCC(CCC(=O)O)C1. The van der Waals surface area contributed by atoms with Crippen molar-refractivity contribution in [1.29, 1.82) is 0 Å². The zero-order valence-electron chi connectivity index (χ0n) is 12.2. The molecule has 0 saturated carbocycles. The molecule has 2 unspecified atom stereocenters. The summed E-state index contributed by atoms with van der Waals surface area (Å²) < 4.78 is 0. The third-order valence-electron chi connectivity index (χ3n) is 4.18. The quantitative estimate of drug-likeness (QED) is 0.895. The third kappa shape index (κ3) is 3.76. The van der Waals surface area contributed by atoms with E-state index < -0.39 is 5.97 Å². The van der Waals surface area contributed by atoms with Crippen molar-refractivity contribution in [2.24, 2.45) is 5.92 Å². The molecule has 1 aliphatic rings. The minimum absolute atomic E-state index is 0.247. The van der Waals surface area contributed by atoms with Crippen LogP contribution in [0.3, 0.4) is 0 Å². The van der Waals surface area contributed by atoms with Crippen LogP contribution in [0.15, 0.2) is 12.4 Å². The van der Waals surface area contributed by atoms with Crippen molar-refractivity contribution in [3.05, 3.63) is 23.8 Å². The van der Waals surface area contributed by atoms with E-state index in [1.165, 1.54) is 0 Å². The van der Waals surface area contributed by atoms with Crippen molar-refractivity contribution in [3.63, 3.8) is 0 Å². The van der Waals surface area contributed by atoms with E-state index in [0.717, 1.165) is 43.7 Å². The fourth-order valence-corrected chi connectivity index (χ4v) is 3.01. The molecule has 0 bridgehead atoms. The molecule has 110 valence electrons. The minimum Gasteiger partial charge on any atom is -0.481 e. The summed E-state index contributed by atoms with van der Waals surface area (Å²) in [5.74, 6) is -0.209. The van der Waals surface area contributed by atoms with Gasteiger partial charge in [-0.25, -0.2) is 0 Å². The van der Waals surface area contributed by atoms with Crippen molar-refractivity contribution in [3.8, 4) is 0 Å². The third-order valence-corrected chi connectivity index (χ3v) is 4.18. The van der Waals surface area contributed by atoms with Gasteiger partial charge >= 0.3 is 5.97 Å². The minimum atomic E-state index is -0.694. The number of hydrogen-bond acceptors (Lipinski definition) is 4. The molecular weight excluding hydrogens is 254 g/mol. The largest absolute Gasteiger partial charge is 0.481 e. The second kappa shape index (κ2) is 6.79. The van der Waals surface area contributed by atoms with Gasteiger partial charge in [-0.2, -0.15) is 0 Å². The summed E-state index contributed by atoms with van der Waals surface area (Å²) in [5, 5.41) is 8.80. The van der Waals surface area contributed by atoms with E-state index in [2.05, 4.69) is 21.8 Å². The molecule has 0 aromatic carbocycles. The van der Waals surface area contributed by atoms with E-state index >= 15 is 0 Å². The van der Waals surface area contributed by atoms with Gasteiger partial charge in [-0.05, 0) is 45.6 Å². The Morgan fingerprint density at radius 3 is 2.95 bits per heavy atom. The van der Waals surface area contributed by atoms with E-state index in [0.29, 0.717) is 5.92 Å². The Labute approximate surface area is 120 Å². The van der Waals surface area contributed by atoms with E-state index in [9.17, 15) is 4.79 Å². The zero-order chi connectivity index (χ0) is 14.5. The molecule has 1 aromatic heterocycles. The van der Waals surface area contributed by atoms with Crippen LogP contribution >= 0.6 is 0 Å². The van der Waals surface area contributed by atoms with Crippen LogP contribution in [0.2, 0.25) is 0 Å². The second-order valence-corrected chi connectivity index (χ2v) is 5.64. The fraction of sp³-hybridized carbons (Fsp3) is 0.667. The van der Waals surface area contributed by atoms with Crippen molar-refractivity contribution < 1.29 is 9.90 Å². The monoisotopic (exact) mass is 277 g/mol. The highest BCUT2D eigenvalue weighted by Gasteiger charge is 2.26. The lowest BCUT2D eigenvalue weighted by atomic mass is 9.92. The van der Waals surface area contributed by atoms with E-state index in [4.69, 9.17) is 5.11 Å². The Kier molecular flexibility index (Phi) is 5.06. The van der Waals surface area contributed by atoms with Gasteiger partial charge in [0.1, 0.15) is 0 Å².